The molecule has 1 heterocycles. The second-order valence-corrected chi connectivity index (χ2v) is 3.77. The summed E-state index contributed by atoms with van der Waals surface area (Å²) in [6, 6.07) is 1.57. The number of pyridine rings is 1. The molecule has 0 aliphatic carbocycles. The van der Waals surface area contributed by atoms with Gasteiger partial charge in [-0.3, -0.25) is 4.98 Å². The number of carbonyl (C=O) groups is 1. The lowest BCUT2D eigenvalue weighted by Gasteiger charge is -2.12. The number of hydrogen-bond acceptors (Lipinski definition) is 3. The van der Waals surface area contributed by atoms with Crippen molar-refractivity contribution in [2.75, 3.05) is 0 Å². The highest BCUT2D eigenvalue weighted by atomic mass is 35.5. The molecule has 0 bridgehead atoms. The van der Waals surface area contributed by atoms with E-state index in [9.17, 15) is 4.79 Å². The zero-order valence-electron chi connectivity index (χ0n) is 8.87. The Morgan fingerprint density at radius 3 is 3.00 bits per heavy atom. The number of nitrogens with zero attached hydrogens (tertiary/aromatic N) is 1. The van der Waals surface area contributed by atoms with Gasteiger partial charge in [0.05, 0.1) is 16.7 Å². The van der Waals surface area contributed by atoms with E-state index < -0.39 is 5.97 Å². The maximum absolute atomic E-state index is 11.6. The molecule has 82 valence electrons. The van der Waals surface area contributed by atoms with E-state index in [0.29, 0.717) is 10.6 Å². The normalized spacial score (nSPS) is 12.2. The predicted octanol–water partition coefficient (Wildman–Crippen LogP) is 3.08. The number of aromatic nitrogens is 1. The minimum atomic E-state index is -0.408. The number of hydrogen-bond donors (Lipinski definition) is 0. The quantitative estimate of drug-likeness (QED) is 0.742. The Hall–Kier alpha value is -1.09. The molecular weight excluding hydrogens is 214 g/mol. The first kappa shape index (κ1) is 12.0. The summed E-state index contributed by atoms with van der Waals surface area (Å²) in [5, 5.41) is 0.374. The van der Waals surface area contributed by atoms with Crippen LogP contribution in [-0.4, -0.2) is 17.1 Å². The van der Waals surface area contributed by atoms with Crippen LogP contribution in [0, 0.1) is 0 Å². The van der Waals surface area contributed by atoms with Crippen molar-refractivity contribution in [3.63, 3.8) is 0 Å². The first-order valence-corrected chi connectivity index (χ1v) is 5.33. The Kier molecular flexibility index (Phi) is 4.56. The van der Waals surface area contributed by atoms with Crippen LogP contribution in [0.2, 0.25) is 5.02 Å². The molecule has 1 unspecified atom stereocenters. The van der Waals surface area contributed by atoms with Crippen LogP contribution in [0.25, 0.3) is 0 Å². The summed E-state index contributed by atoms with van der Waals surface area (Å²) in [5.41, 5.74) is 0.321. The van der Waals surface area contributed by atoms with Gasteiger partial charge < -0.3 is 4.74 Å². The van der Waals surface area contributed by atoms with Crippen LogP contribution in [0.3, 0.4) is 0 Å². The highest BCUT2D eigenvalue weighted by Crippen LogP contribution is 2.16. The molecule has 3 nitrogen and oxygen atoms in total. The Bertz CT molecular complexity index is 341. The van der Waals surface area contributed by atoms with Gasteiger partial charge in [-0.1, -0.05) is 24.9 Å². The molecule has 0 radical (unpaired) electrons. The van der Waals surface area contributed by atoms with Crippen molar-refractivity contribution >= 4 is 17.6 Å². The Morgan fingerprint density at radius 2 is 2.40 bits per heavy atom. The molecule has 1 aromatic heterocycles. The van der Waals surface area contributed by atoms with Crippen LogP contribution in [0.1, 0.15) is 37.0 Å². The van der Waals surface area contributed by atoms with E-state index in [1.807, 2.05) is 13.8 Å². The zero-order valence-corrected chi connectivity index (χ0v) is 9.62. The minimum Gasteiger partial charge on any atom is -0.459 e. The molecule has 0 saturated carbocycles. The summed E-state index contributed by atoms with van der Waals surface area (Å²) in [7, 11) is 0. The fraction of sp³-hybridized carbons (Fsp3) is 0.455. The van der Waals surface area contributed by atoms with Gasteiger partial charge in [-0.2, -0.15) is 0 Å². The van der Waals surface area contributed by atoms with Crippen molar-refractivity contribution in [1.82, 2.24) is 4.98 Å². The van der Waals surface area contributed by atoms with Gasteiger partial charge in [0.1, 0.15) is 0 Å². The second kappa shape index (κ2) is 5.71. The SMILES string of the molecule is CCCC(C)OC(=O)c1cnccc1Cl. The standard InChI is InChI=1S/C11H14ClNO2/c1-3-4-8(2)15-11(14)9-7-13-6-5-10(9)12/h5-8H,3-4H2,1-2H3. The molecular formula is C11H14ClNO2. The van der Waals surface area contributed by atoms with Crippen molar-refractivity contribution in [3.8, 4) is 0 Å². The highest BCUT2D eigenvalue weighted by Gasteiger charge is 2.14. The molecule has 0 saturated heterocycles. The maximum Gasteiger partial charge on any atom is 0.341 e. The predicted molar refractivity (Wildman–Crippen MR) is 59.0 cm³/mol. The topological polar surface area (TPSA) is 39.2 Å². The summed E-state index contributed by atoms with van der Waals surface area (Å²) >= 11 is 5.84. The van der Waals surface area contributed by atoms with E-state index in [-0.39, 0.29) is 6.10 Å². The molecule has 0 spiro atoms. The van der Waals surface area contributed by atoms with Crippen LogP contribution in [0.15, 0.2) is 18.5 Å². The fourth-order valence-electron chi connectivity index (χ4n) is 1.24. The van der Waals surface area contributed by atoms with Crippen LogP contribution in [0.5, 0.6) is 0 Å². The molecule has 1 atom stereocenters. The van der Waals surface area contributed by atoms with Crippen LogP contribution in [0.4, 0.5) is 0 Å². The summed E-state index contributed by atoms with van der Waals surface area (Å²) < 4.78 is 5.19. The van der Waals surface area contributed by atoms with E-state index in [1.54, 1.807) is 6.07 Å². The van der Waals surface area contributed by atoms with Crippen molar-refractivity contribution in [3.05, 3.63) is 29.0 Å². The van der Waals surface area contributed by atoms with Crippen LogP contribution < -0.4 is 0 Å². The first-order chi connectivity index (χ1) is 7.15. The van der Waals surface area contributed by atoms with Gasteiger partial charge >= 0.3 is 5.97 Å². The zero-order chi connectivity index (χ0) is 11.3. The molecule has 0 aromatic carbocycles. The lowest BCUT2D eigenvalue weighted by molar-refractivity contribution is 0.0323. The summed E-state index contributed by atoms with van der Waals surface area (Å²) in [6.45, 7) is 3.91. The van der Waals surface area contributed by atoms with Crippen molar-refractivity contribution in [2.45, 2.75) is 32.8 Å². The van der Waals surface area contributed by atoms with Gasteiger partial charge in [-0.05, 0) is 19.4 Å². The minimum absolute atomic E-state index is 0.0845. The molecule has 0 fully saturated rings. The molecule has 1 rings (SSSR count). The van der Waals surface area contributed by atoms with E-state index in [2.05, 4.69) is 4.98 Å². The maximum atomic E-state index is 11.6. The molecule has 0 aliphatic heterocycles. The highest BCUT2D eigenvalue weighted by molar-refractivity contribution is 6.33. The van der Waals surface area contributed by atoms with E-state index in [1.165, 1.54) is 12.4 Å². The number of esters is 1. The number of halogens is 1. The molecule has 15 heavy (non-hydrogen) atoms. The Balaban J connectivity index is 2.65. The van der Waals surface area contributed by atoms with Crippen LogP contribution >= 0.6 is 11.6 Å². The second-order valence-electron chi connectivity index (χ2n) is 3.36. The summed E-state index contributed by atoms with van der Waals surface area (Å²) in [4.78, 5) is 15.4. The van der Waals surface area contributed by atoms with Gasteiger partial charge in [0, 0.05) is 12.4 Å². The first-order valence-electron chi connectivity index (χ1n) is 4.95. The molecule has 0 amide bonds. The number of ether oxygens (including phenoxy) is 1. The van der Waals surface area contributed by atoms with Crippen molar-refractivity contribution < 1.29 is 9.53 Å². The number of rotatable bonds is 4. The molecule has 0 N–H and O–H groups in total. The van der Waals surface area contributed by atoms with Gasteiger partial charge in [0.2, 0.25) is 0 Å². The van der Waals surface area contributed by atoms with E-state index in [4.69, 9.17) is 16.3 Å². The van der Waals surface area contributed by atoms with Gasteiger partial charge in [-0.25, -0.2) is 4.79 Å². The summed E-state index contributed by atoms with van der Waals surface area (Å²) in [6.07, 6.45) is 4.70. The Labute approximate surface area is 94.4 Å². The lowest BCUT2D eigenvalue weighted by Crippen LogP contribution is -2.15. The van der Waals surface area contributed by atoms with Gasteiger partial charge in [0.25, 0.3) is 0 Å². The smallest absolute Gasteiger partial charge is 0.341 e. The third-order valence-corrected chi connectivity index (χ3v) is 2.32. The average molecular weight is 228 g/mol. The molecule has 4 heteroatoms. The summed E-state index contributed by atoms with van der Waals surface area (Å²) in [5.74, 6) is -0.408. The largest absolute Gasteiger partial charge is 0.459 e. The lowest BCUT2D eigenvalue weighted by atomic mass is 10.2. The van der Waals surface area contributed by atoms with Crippen molar-refractivity contribution in [2.24, 2.45) is 0 Å². The van der Waals surface area contributed by atoms with Crippen LogP contribution in [-0.2, 0) is 4.74 Å². The van der Waals surface area contributed by atoms with Gasteiger partial charge in [-0.15, -0.1) is 0 Å². The number of carbonyl (C=O) groups excluding carboxylic acids is 1. The third-order valence-electron chi connectivity index (χ3n) is 1.99. The van der Waals surface area contributed by atoms with E-state index in [0.717, 1.165) is 12.8 Å². The van der Waals surface area contributed by atoms with Crippen molar-refractivity contribution in [1.29, 1.82) is 0 Å². The fourth-order valence-corrected chi connectivity index (χ4v) is 1.42. The molecule has 0 aliphatic rings. The monoisotopic (exact) mass is 227 g/mol. The average Bonchev–Trinajstić information content (AvgIpc) is 2.18. The van der Waals surface area contributed by atoms with E-state index >= 15 is 0 Å². The Morgan fingerprint density at radius 1 is 1.67 bits per heavy atom. The molecule has 1 aromatic rings. The third kappa shape index (κ3) is 3.51. The van der Waals surface area contributed by atoms with Gasteiger partial charge in [0.15, 0.2) is 0 Å².